The zero-order valence-electron chi connectivity index (χ0n) is 13.2. The quantitative estimate of drug-likeness (QED) is 0.723. The predicted molar refractivity (Wildman–Crippen MR) is 88.5 cm³/mol. The van der Waals surface area contributed by atoms with E-state index in [9.17, 15) is 9.59 Å². The van der Waals surface area contributed by atoms with E-state index in [1.807, 2.05) is 23.9 Å². The molecule has 0 unspecified atom stereocenters. The van der Waals surface area contributed by atoms with Gasteiger partial charge in [-0.1, -0.05) is 6.92 Å². The lowest BCUT2D eigenvalue weighted by Gasteiger charge is -2.12. The van der Waals surface area contributed by atoms with Crippen LogP contribution in [-0.4, -0.2) is 27.2 Å². The van der Waals surface area contributed by atoms with Gasteiger partial charge in [-0.25, -0.2) is 0 Å². The van der Waals surface area contributed by atoms with Crippen molar-refractivity contribution in [2.45, 2.75) is 13.5 Å². The van der Waals surface area contributed by atoms with E-state index >= 15 is 0 Å². The van der Waals surface area contributed by atoms with Crippen molar-refractivity contribution in [2.75, 3.05) is 6.54 Å². The van der Waals surface area contributed by atoms with Gasteiger partial charge in [0.25, 0.3) is 11.5 Å². The van der Waals surface area contributed by atoms with Crippen molar-refractivity contribution in [3.05, 3.63) is 64.9 Å². The summed E-state index contributed by atoms with van der Waals surface area (Å²) < 4.78 is 7.03. The van der Waals surface area contributed by atoms with Crippen LogP contribution in [0.25, 0.3) is 11.5 Å². The van der Waals surface area contributed by atoms with Gasteiger partial charge in [0, 0.05) is 25.5 Å². The maximum Gasteiger partial charge on any atom is 0.261 e. The summed E-state index contributed by atoms with van der Waals surface area (Å²) in [5, 5.41) is 6.91. The molecule has 124 valence electrons. The Morgan fingerprint density at radius 2 is 2.25 bits per heavy atom. The van der Waals surface area contributed by atoms with Gasteiger partial charge in [-0.15, -0.1) is 0 Å². The maximum atomic E-state index is 12.2. The highest BCUT2D eigenvalue weighted by atomic mass is 16.3. The largest absolute Gasteiger partial charge is 0.463 e. The van der Waals surface area contributed by atoms with Gasteiger partial charge < -0.3 is 14.7 Å². The zero-order chi connectivity index (χ0) is 16.9. The number of amides is 1. The molecule has 3 heterocycles. The molecule has 0 aliphatic carbocycles. The Hall–Kier alpha value is -3.09. The molecule has 1 atom stereocenters. The highest BCUT2D eigenvalue weighted by molar-refractivity contribution is 5.94. The van der Waals surface area contributed by atoms with Crippen molar-refractivity contribution in [3.63, 3.8) is 0 Å². The molecule has 0 bridgehead atoms. The third kappa shape index (κ3) is 3.62. The fourth-order valence-electron chi connectivity index (χ4n) is 2.38. The summed E-state index contributed by atoms with van der Waals surface area (Å²) in [6, 6.07) is 8.48. The van der Waals surface area contributed by atoms with E-state index in [1.165, 1.54) is 12.3 Å². The van der Waals surface area contributed by atoms with Gasteiger partial charge in [0.1, 0.15) is 11.3 Å². The molecular formula is C17H18N4O3. The van der Waals surface area contributed by atoms with Crippen molar-refractivity contribution < 1.29 is 9.21 Å². The van der Waals surface area contributed by atoms with E-state index in [-0.39, 0.29) is 11.5 Å². The molecule has 7 heteroatoms. The minimum Gasteiger partial charge on any atom is -0.463 e. The highest BCUT2D eigenvalue weighted by Gasteiger charge is 2.13. The summed E-state index contributed by atoms with van der Waals surface area (Å²) in [6.07, 6.45) is 5.11. The van der Waals surface area contributed by atoms with Crippen molar-refractivity contribution in [1.82, 2.24) is 20.1 Å². The second-order valence-electron chi connectivity index (χ2n) is 5.64. The van der Waals surface area contributed by atoms with Crippen molar-refractivity contribution in [1.29, 1.82) is 0 Å². The van der Waals surface area contributed by atoms with E-state index in [0.29, 0.717) is 24.5 Å². The third-order valence-corrected chi connectivity index (χ3v) is 3.61. The summed E-state index contributed by atoms with van der Waals surface area (Å²) in [6.45, 7) is 3.16. The van der Waals surface area contributed by atoms with Gasteiger partial charge in [0.15, 0.2) is 0 Å². The third-order valence-electron chi connectivity index (χ3n) is 3.61. The molecule has 1 amide bonds. The van der Waals surface area contributed by atoms with Crippen LogP contribution in [0.5, 0.6) is 0 Å². The number of nitrogens with zero attached hydrogens (tertiary/aromatic N) is 2. The Balaban J connectivity index is 1.61. The Kier molecular flexibility index (Phi) is 4.60. The number of rotatable bonds is 6. The molecule has 3 rings (SSSR count). The molecule has 0 saturated heterocycles. The van der Waals surface area contributed by atoms with E-state index in [2.05, 4.69) is 15.4 Å². The second-order valence-corrected chi connectivity index (χ2v) is 5.64. The normalized spacial score (nSPS) is 12.0. The van der Waals surface area contributed by atoms with Crippen molar-refractivity contribution in [3.8, 4) is 11.5 Å². The van der Waals surface area contributed by atoms with Gasteiger partial charge in [0.2, 0.25) is 0 Å². The minimum atomic E-state index is -0.443. The molecule has 0 saturated carbocycles. The molecule has 3 aromatic heterocycles. The molecule has 0 aliphatic rings. The van der Waals surface area contributed by atoms with E-state index < -0.39 is 11.5 Å². The van der Waals surface area contributed by atoms with Crippen molar-refractivity contribution in [2.24, 2.45) is 5.92 Å². The van der Waals surface area contributed by atoms with Crippen LogP contribution in [-0.2, 0) is 6.54 Å². The number of aromatic amines is 1. The molecule has 7 nitrogen and oxygen atoms in total. The number of carbonyl (C=O) groups excluding carboxylic acids is 1. The monoisotopic (exact) mass is 326 g/mol. The van der Waals surface area contributed by atoms with Crippen LogP contribution in [0.3, 0.4) is 0 Å². The summed E-state index contributed by atoms with van der Waals surface area (Å²) in [4.78, 5) is 27.0. The van der Waals surface area contributed by atoms with Crippen LogP contribution in [0.15, 0.2) is 58.2 Å². The van der Waals surface area contributed by atoms with Crippen LogP contribution in [0.4, 0.5) is 0 Å². The first kappa shape index (κ1) is 15.8. The lowest BCUT2D eigenvalue weighted by Crippen LogP contribution is -2.33. The number of H-pyrrole nitrogens is 1. The fraction of sp³-hybridized carbons (Fsp3) is 0.235. The molecule has 0 spiro atoms. The number of hydrogen-bond donors (Lipinski definition) is 2. The molecule has 0 radical (unpaired) electrons. The predicted octanol–water partition coefficient (Wildman–Crippen LogP) is 1.90. The molecule has 24 heavy (non-hydrogen) atoms. The first-order chi connectivity index (χ1) is 11.6. The van der Waals surface area contributed by atoms with Crippen LogP contribution >= 0.6 is 0 Å². The van der Waals surface area contributed by atoms with Crippen molar-refractivity contribution >= 4 is 5.91 Å². The lowest BCUT2D eigenvalue weighted by atomic mass is 10.1. The SMILES string of the molecule is C[C@H](CNC(=O)c1ccc(-c2ccco2)[nH]c1=O)Cn1cccn1. The molecule has 0 aromatic carbocycles. The van der Waals surface area contributed by atoms with Gasteiger partial charge in [-0.2, -0.15) is 5.10 Å². The molecule has 2 N–H and O–H groups in total. The minimum absolute atomic E-state index is 0.0802. The zero-order valence-corrected chi connectivity index (χ0v) is 13.2. The van der Waals surface area contributed by atoms with Gasteiger partial charge in [0.05, 0.1) is 12.0 Å². The summed E-state index contributed by atoms with van der Waals surface area (Å²) >= 11 is 0. The molecule has 0 fully saturated rings. The molecule has 0 aliphatic heterocycles. The Bertz CT molecular complexity index is 850. The Morgan fingerprint density at radius 3 is 2.92 bits per heavy atom. The standard InChI is InChI=1S/C17H18N4O3/c1-12(11-21-8-3-7-19-21)10-18-16(22)13-5-6-14(20-17(13)23)15-4-2-9-24-15/h2-9,12H,10-11H2,1H3,(H,18,22)(H,20,23)/t12-/m1/s1. The van der Waals surface area contributed by atoms with E-state index in [4.69, 9.17) is 4.42 Å². The van der Waals surface area contributed by atoms with Crippen LogP contribution in [0.1, 0.15) is 17.3 Å². The topological polar surface area (TPSA) is 92.9 Å². The van der Waals surface area contributed by atoms with E-state index in [0.717, 1.165) is 0 Å². The average Bonchev–Trinajstić information content (AvgIpc) is 3.26. The first-order valence-corrected chi connectivity index (χ1v) is 7.66. The van der Waals surface area contributed by atoms with Gasteiger partial charge in [-0.05, 0) is 36.2 Å². The van der Waals surface area contributed by atoms with Gasteiger partial charge >= 0.3 is 0 Å². The number of carbonyl (C=O) groups is 1. The molecular weight excluding hydrogens is 308 g/mol. The average molecular weight is 326 g/mol. The number of hydrogen-bond acceptors (Lipinski definition) is 4. The van der Waals surface area contributed by atoms with Gasteiger partial charge in [-0.3, -0.25) is 14.3 Å². The smallest absolute Gasteiger partial charge is 0.261 e. The Labute approximate surface area is 138 Å². The second kappa shape index (κ2) is 6.99. The summed E-state index contributed by atoms with van der Waals surface area (Å²) in [5.74, 6) is 0.344. The Morgan fingerprint density at radius 1 is 1.38 bits per heavy atom. The number of nitrogens with one attached hydrogen (secondary N) is 2. The summed E-state index contributed by atoms with van der Waals surface area (Å²) in [5.41, 5.74) is 0.173. The number of pyridine rings is 1. The van der Waals surface area contributed by atoms with Crippen LogP contribution in [0.2, 0.25) is 0 Å². The fourth-order valence-corrected chi connectivity index (χ4v) is 2.38. The molecule has 3 aromatic rings. The summed E-state index contributed by atoms with van der Waals surface area (Å²) in [7, 11) is 0. The highest BCUT2D eigenvalue weighted by Crippen LogP contribution is 2.15. The number of aromatic nitrogens is 3. The first-order valence-electron chi connectivity index (χ1n) is 7.66. The number of furan rings is 1. The maximum absolute atomic E-state index is 12.2. The lowest BCUT2D eigenvalue weighted by molar-refractivity contribution is 0.0945. The van der Waals surface area contributed by atoms with Crippen LogP contribution < -0.4 is 10.9 Å². The van der Waals surface area contributed by atoms with Crippen LogP contribution in [0, 0.1) is 5.92 Å². The van der Waals surface area contributed by atoms with E-state index in [1.54, 1.807) is 24.4 Å².